The van der Waals surface area contributed by atoms with Crippen molar-refractivity contribution >= 4 is 5.91 Å². The number of methoxy groups -OCH3 is 1. The molecule has 1 unspecified atom stereocenters. The van der Waals surface area contributed by atoms with Gasteiger partial charge in [-0.15, -0.1) is 0 Å². The Hall–Kier alpha value is -2.45. The van der Waals surface area contributed by atoms with E-state index in [-0.39, 0.29) is 11.8 Å². The summed E-state index contributed by atoms with van der Waals surface area (Å²) in [5, 5.41) is 4.09. The minimum atomic E-state index is 0.0378. The van der Waals surface area contributed by atoms with Crippen molar-refractivity contribution in [3.05, 3.63) is 30.2 Å². The Bertz CT molecular complexity index is 786. The Morgan fingerprint density at radius 2 is 2.00 bits per heavy atom. The Balaban J connectivity index is 1.36. The van der Waals surface area contributed by atoms with Gasteiger partial charge >= 0.3 is 0 Å². The molecule has 0 spiro atoms. The number of piperidine rings is 1. The predicted molar refractivity (Wildman–Crippen MR) is 102 cm³/mol. The highest BCUT2D eigenvalue weighted by Crippen LogP contribution is 2.23. The molecule has 4 rings (SSSR count). The lowest BCUT2D eigenvalue weighted by atomic mass is 9.96. The van der Waals surface area contributed by atoms with E-state index in [4.69, 9.17) is 14.0 Å². The van der Waals surface area contributed by atoms with Crippen LogP contribution >= 0.6 is 0 Å². The summed E-state index contributed by atoms with van der Waals surface area (Å²) in [6, 6.07) is 7.56. The van der Waals surface area contributed by atoms with Crippen molar-refractivity contribution in [2.24, 2.45) is 5.92 Å². The highest BCUT2D eigenvalue weighted by molar-refractivity contribution is 5.79. The number of amides is 1. The van der Waals surface area contributed by atoms with E-state index in [0.29, 0.717) is 44.6 Å². The Morgan fingerprint density at radius 1 is 1.21 bits per heavy atom. The number of morpholine rings is 1. The Labute approximate surface area is 164 Å². The van der Waals surface area contributed by atoms with E-state index < -0.39 is 0 Å². The molecule has 2 aliphatic heterocycles. The number of benzene rings is 1. The number of rotatable bonds is 5. The minimum absolute atomic E-state index is 0.0378. The maximum atomic E-state index is 12.8. The molecule has 28 heavy (non-hydrogen) atoms. The van der Waals surface area contributed by atoms with Crippen LogP contribution in [0.3, 0.4) is 0 Å². The second-order valence-electron chi connectivity index (χ2n) is 7.25. The third-order valence-electron chi connectivity index (χ3n) is 5.35. The third kappa shape index (κ3) is 4.34. The number of carbonyl (C=O) groups is 1. The molecule has 1 aromatic carbocycles. The van der Waals surface area contributed by atoms with Crippen LogP contribution in [0.2, 0.25) is 0 Å². The molecule has 2 fully saturated rings. The number of hydrogen-bond donors (Lipinski definition) is 0. The van der Waals surface area contributed by atoms with Crippen molar-refractivity contribution in [3.63, 3.8) is 0 Å². The van der Waals surface area contributed by atoms with Gasteiger partial charge < -0.3 is 18.9 Å². The number of nitrogens with zero attached hydrogens (tertiary/aromatic N) is 4. The molecule has 2 saturated heterocycles. The maximum absolute atomic E-state index is 12.8. The van der Waals surface area contributed by atoms with Gasteiger partial charge in [0.15, 0.2) is 0 Å². The smallest absolute Gasteiger partial charge is 0.241 e. The van der Waals surface area contributed by atoms with Gasteiger partial charge in [-0.1, -0.05) is 5.16 Å². The molecule has 0 bridgehead atoms. The van der Waals surface area contributed by atoms with Crippen molar-refractivity contribution in [2.75, 3.05) is 46.5 Å². The predicted octanol–water partition coefficient (Wildman–Crippen LogP) is 1.82. The minimum Gasteiger partial charge on any atom is -0.497 e. The van der Waals surface area contributed by atoms with Crippen LogP contribution < -0.4 is 4.74 Å². The first-order valence-corrected chi connectivity index (χ1v) is 9.79. The van der Waals surface area contributed by atoms with Crippen LogP contribution in [0.1, 0.15) is 18.7 Å². The van der Waals surface area contributed by atoms with Crippen LogP contribution in [0.4, 0.5) is 0 Å². The van der Waals surface area contributed by atoms with Gasteiger partial charge in [0.2, 0.25) is 17.6 Å². The number of ether oxygens (including phenoxy) is 2. The number of likely N-dealkylation sites (tertiary alicyclic amines) is 1. The van der Waals surface area contributed by atoms with Crippen molar-refractivity contribution in [1.82, 2.24) is 19.9 Å². The molecule has 1 aromatic heterocycles. The van der Waals surface area contributed by atoms with Gasteiger partial charge in [-0.2, -0.15) is 4.98 Å². The zero-order chi connectivity index (χ0) is 19.3. The van der Waals surface area contributed by atoms with Gasteiger partial charge in [0.1, 0.15) is 5.75 Å². The first kappa shape index (κ1) is 18.9. The van der Waals surface area contributed by atoms with Crippen LogP contribution in [0.5, 0.6) is 5.75 Å². The topological polar surface area (TPSA) is 80.9 Å². The monoisotopic (exact) mass is 386 g/mol. The summed E-state index contributed by atoms with van der Waals surface area (Å²) in [5.41, 5.74) is 0.884. The molecule has 2 aliphatic rings. The first-order valence-electron chi connectivity index (χ1n) is 9.79. The van der Waals surface area contributed by atoms with Crippen molar-refractivity contribution < 1.29 is 18.8 Å². The van der Waals surface area contributed by atoms with Crippen LogP contribution in [-0.2, 0) is 16.1 Å². The number of aromatic nitrogens is 2. The number of hydrogen-bond acceptors (Lipinski definition) is 7. The molecule has 150 valence electrons. The zero-order valence-corrected chi connectivity index (χ0v) is 16.2. The van der Waals surface area contributed by atoms with E-state index >= 15 is 0 Å². The largest absolute Gasteiger partial charge is 0.497 e. The lowest BCUT2D eigenvalue weighted by Gasteiger charge is -2.35. The van der Waals surface area contributed by atoms with E-state index in [2.05, 4.69) is 15.0 Å². The van der Waals surface area contributed by atoms with Gasteiger partial charge in [0.05, 0.1) is 32.8 Å². The van der Waals surface area contributed by atoms with Gasteiger partial charge in [-0.3, -0.25) is 9.69 Å². The summed E-state index contributed by atoms with van der Waals surface area (Å²) in [4.78, 5) is 21.5. The summed E-state index contributed by atoms with van der Waals surface area (Å²) >= 11 is 0. The van der Waals surface area contributed by atoms with E-state index in [9.17, 15) is 4.79 Å². The lowest BCUT2D eigenvalue weighted by molar-refractivity contribution is -0.141. The third-order valence-corrected chi connectivity index (χ3v) is 5.35. The summed E-state index contributed by atoms with van der Waals surface area (Å²) in [7, 11) is 1.64. The molecule has 0 radical (unpaired) electrons. The van der Waals surface area contributed by atoms with Crippen LogP contribution in [0.25, 0.3) is 11.4 Å². The summed E-state index contributed by atoms with van der Waals surface area (Å²) in [5.74, 6) is 2.21. The molecule has 0 aliphatic carbocycles. The average molecular weight is 386 g/mol. The van der Waals surface area contributed by atoms with E-state index in [1.54, 1.807) is 7.11 Å². The molecule has 0 saturated carbocycles. The quantitative estimate of drug-likeness (QED) is 0.775. The van der Waals surface area contributed by atoms with Crippen molar-refractivity contribution in [3.8, 4) is 17.1 Å². The standard InChI is InChI=1S/C20H26N4O4/c1-26-17-6-4-15(5-7-17)19-21-18(28-22-19)14-23-8-2-3-16(13-23)20(25)24-9-11-27-12-10-24/h4-7,16H,2-3,8-14H2,1H3. The maximum Gasteiger partial charge on any atom is 0.241 e. The molecular formula is C20H26N4O4. The molecule has 8 nitrogen and oxygen atoms in total. The fourth-order valence-corrected chi connectivity index (χ4v) is 3.81. The second-order valence-corrected chi connectivity index (χ2v) is 7.25. The Morgan fingerprint density at radius 3 is 2.75 bits per heavy atom. The molecule has 2 aromatic rings. The van der Waals surface area contributed by atoms with Gasteiger partial charge in [-0.25, -0.2) is 0 Å². The van der Waals surface area contributed by atoms with Gasteiger partial charge in [0.25, 0.3) is 0 Å². The molecule has 0 N–H and O–H groups in total. The van der Waals surface area contributed by atoms with E-state index in [1.807, 2.05) is 29.2 Å². The van der Waals surface area contributed by atoms with E-state index in [1.165, 1.54) is 0 Å². The zero-order valence-electron chi connectivity index (χ0n) is 16.2. The fourth-order valence-electron chi connectivity index (χ4n) is 3.81. The lowest BCUT2D eigenvalue weighted by Crippen LogP contribution is -2.48. The highest BCUT2D eigenvalue weighted by atomic mass is 16.5. The number of carbonyl (C=O) groups excluding carboxylic acids is 1. The first-order chi connectivity index (χ1) is 13.7. The van der Waals surface area contributed by atoms with Crippen LogP contribution in [0.15, 0.2) is 28.8 Å². The normalized spacial score (nSPS) is 20.9. The van der Waals surface area contributed by atoms with Crippen molar-refractivity contribution in [1.29, 1.82) is 0 Å². The average Bonchev–Trinajstić information content (AvgIpc) is 3.22. The van der Waals surface area contributed by atoms with Gasteiger partial charge in [0, 0.05) is 25.2 Å². The molecule has 1 atom stereocenters. The van der Waals surface area contributed by atoms with Crippen molar-refractivity contribution in [2.45, 2.75) is 19.4 Å². The Kier molecular flexibility index (Phi) is 5.87. The van der Waals surface area contributed by atoms with Crippen LogP contribution in [-0.4, -0.2) is 72.4 Å². The summed E-state index contributed by atoms with van der Waals surface area (Å²) in [6.45, 7) is 4.91. The second kappa shape index (κ2) is 8.70. The van der Waals surface area contributed by atoms with Gasteiger partial charge in [-0.05, 0) is 43.7 Å². The SMILES string of the molecule is COc1ccc(-c2noc(CN3CCCC(C(=O)N4CCOCC4)C3)n2)cc1. The summed E-state index contributed by atoms with van der Waals surface area (Å²) in [6.07, 6.45) is 1.94. The molecule has 3 heterocycles. The molecule has 1 amide bonds. The highest BCUT2D eigenvalue weighted by Gasteiger charge is 2.30. The van der Waals surface area contributed by atoms with Crippen LogP contribution in [0, 0.1) is 5.92 Å². The molecule has 8 heteroatoms. The summed E-state index contributed by atoms with van der Waals surface area (Å²) < 4.78 is 16.0. The van der Waals surface area contributed by atoms with E-state index in [0.717, 1.165) is 37.2 Å². The fraction of sp³-hybridized carbons (Fsp3) is 0.550. The molecular weight excluding hydrogens is 360 g/mol.